The van der Waals surface area contributed by atoms with Crippen molar-refractivity contribution in [3.63, 3.8) is 0 Å². The van der Waals surface area contributed by atoms with Crippen molar-refractivity contribution in [1.29, 1.82) is 0 Å². The second-order valence-corrected chi connectivity index (χ2v) is 22.5. The molecule has 4 fully saturated rings. The fourth-order valence-electron chi connectivity index (χ4n) is 11.3. The first-order valence-electron chi connectivity index (χ1n) is 28.1. The first-order chi connectivity index (χ1) is 36.2. The largest absolute Gasteiger partial charge is 0.460 e. The predicted molar refractivity (Wildman–Crippen MR) is 288 cm³/mol. The van der Waals surface area contributed by atoms with Crippen molar-refractivity contribution in [1.82, 2.24) is 9.80 Å². The molecule has 3 N–H and O–H groups in total. The van der Waals surface area contributed by atoms with Gasteiger partial charge in [-0.15, -0.1) is 0 Å². The summed E-state index contributed by atoms with van der Waals surface area (Å²) in [6, 6.07) is -1.07. The van der Waals surface area contributed by atoms with Crippen LogP contribution in [0.4, 0.5) is 0 Å². The number of amides is 1. The van der Waals surface area contributed by atoms with Crippen molar-refractivity contribution in [3.8, 4) is 0 Å². The van der Waals surface area contributed by atoms with E-state index in [1.165, 1.54) is 13.5 Å². The molecule has 17 heteroatoms. The third kappa shape index (κ3) is 20.4. The standard InChI is InChI=1S/C59H94N2O15/c1-37(16-12-11-13-17-39(3)51(71-8)32-46-21-19-38(2)36-74-46)28-42(6)55(67)57(73-10)56(68)43(7)29-40(4)48(64)33-52(76-59(70)47-18-14-15-25-61(47)58(69)49(65)35-62)41(5)30-44-20-22-50(53(31-44)72-9)75-54(66)34-60-26-23-45(63)24-27-60/h11-13,16-17,29,37-38,40-42,44-47,50-53,56-57,62-63,68H,14-15,18-28,30-36H2,1-10H3/b13-11+,16-12+,39-17+,43-29+/t37-,38-,40-,41-,42-,44+,46+,47+,50-,51+,52+,53-,56-,57+/m1/s1. The molecule has 0 aromatic heterocycles. The van der Waals surface area contributed by atoms with E-state index in [9.17, 15) is 44.1 Å². The van der Waals surface area contributed by atoms with Crippen molar-refractivity contribution in [2.45, 2.75) is 193 Å². The van der Waals surface area contributed by atoms with Crippen molar-refractivity contribution >= 4 is 35.2 Å². The number of esters is 2. The van der Waals surface area contributed by atoms with Gasteiger partial charge in [0, 0.05) is 72.2 Å². The molecule has 4 rings (SSSR count). The van der Waals surface area contributed by atoms with Gasteiger partial charge in [0.15, 0.2) is 5.78 Å². The van der Waals surface area contributed by atoms with Gasteiger partial charge in [0.05, 0.1) is 31.0 Å². The number of allylic oxidation sites excluding steroid dienone is 6. The number of carbonyl (C=O) groups is 6. The maximum atomic E-state index is 14.2. The Balaban J connectivity index is 1.39. The van der Waals surface area contributed by atoms with Crippen LogP contribution in [0.1, 0.15) is 138 Å². The SMILES string of the molecule is CO[C@@H](C[C@@H]1CC[C@@H](C)CO1)/C(C)=C/C=C/C=C/[C@@H](C)C[C@@H](C)C(=O)[C@H](OC)[C@H](O)/C(C)=C/[C@@H](C)C(=O)C[C@H](OC(=O)[C@@H]1CCCCN1C(=O)C(=O)CO)[C@H](C)C[C@@H]1CC[C@@H](OC(=O)CN2CCC(O)CC2)[C@H](OC)C1. The van der Waals surface area contributed by atoms with Crippen molar-refractivity contribution in [3.05, 3.63) is 47.6 Å². The Morgan fingerprint density at radius 2 is 1.54 bits per heavy atom. The van der Waals surface area contributed by atoms with Gasteiger partial charge >= 0.3 is 11.9 Å². The summed E-state index contributed by atoms with van der Waals surface area (Å²) < 4.78 is 35.4. The molecule has 0 aromatic rings. The zero-order chi connectivity index (χ0) is 56.1. The highest BCUT2D eigenvalue weighted by molar-refractivity contribution is 6.37. The normalized spacial score (nSPS) is 26.8. The lowest BCUT2D eigenvalue weighted by Crippen LogP contribution is -2.52. The fraction of sp³-hybridized carbons (Fsp3) is 0.763. The second kappa shape index (κ2) is 32.8. The van der Waals surface area contributed by atoms with E-state index in [1.54, 1.807) is 34.1 Å². The van der Waals surface area contributed by atoms with Crippen molar-refractivity contribution < 1.29 is 72.5 Å². The Bertz CT molecular complexity index is 1990. The zero-order valence-corrected chi connectivity index (χ0v) is 47.4. The van der Waals surface area contributed by atoms with E-state index in [1.807, 2.05) is 56.1 Å². The van der Waals surface area contributed by atoms with Crippen LogP contribution in [-0.4, -0.2) is 176 Å². The van der Waals surface area contributed by atoms with Crippen LogP contribution in [0.2, 0.25) is 0 Å². The summed E-state index contributed by atoms with van der Waals surface area (Å²) >= 11 is 0. The Morgan fingerprint density at radius 3 is 2.18 bits per heavy atom. The first-order valence-corrected chi connectivity index (χ1v) is 28.1. The number of aliphatic hydroxyl groups is 3. The van der Waals surface area contributed by atoms with Crippen LogP contribution in [0.5, 0.6) is 0 Å². The molecule has 14 atom stereocenters. The van der Waals surface area contributed by atoms with Gasteiger partial charge in [0.1, 0.15) is 42.8 Å². The maximum absolute atomic E-state index is 14.2. The fourth-order valence-corrected chi connectivity index (χ4v) is 11.3. The number of likely N-dealkylation sites (tertiary alicyclic amines) is 2. The van der Waals surface area contributed by atoms with E-state index < -0.39 is 66.6 Å². The highest BCUT2D eigenvalue weighted by atomic mass is 16.6. The van der Waals surface area contributed by atoms with Crippen LogP contribution in [0.15, 0.2) is 47.6 Å². The van der Waals surface area contributed by atoms with E-state index in [4.69, 9.17) is 28.4 Å². The molecule has 0 unspecified atom stereocenters. The summed E-state index contributed by atoms with van der Waals surface area (Å²) in [6.45, 7) is 14.7. The zero-order valence-electron chi connectivity index (χ0n) is 47.4. The molecule has 0 radical (unpaired) electrons. The molecule has 1 saturated carbocycles. The molecular formula is C59H94N2O15. The van der Waals surface area contributed by atoms with Gasteiger partial charge in [0.25, 0.3) is 5.91 Å². The van der Waals surface area contributed by atoms with E-state index >= 15 is 0 Å². The predicted octanol–water partition coefficient (Wildman–Crippen LogP) is 6.48. The molecule has 76 heavy (non-hydrogen) atoms. The third-order valence-electron chi connectivity index (χ3n) is 16.2. The molecule has 0 aromatic carbocycles. The van der Waals surface area contributed by atoms with Crippen LogP contribution in [0.3, 0.4) is 0 Å². The first kappa shape index (κ1) is 64.6. The average Bonchev–Trinajstić information content (AvgIpc) is 3.40. The van der Waals surface area contributed by atoms with Gasteiger partial charge in [-0.25, -0.2) is 4.79 Å². The number of carbonyl (C=O) groups excluding carboxylic acids is 6. The smallest absolute Gasteiger partial charge is 0.329 e. The molecule has 3 aliphatic heterocycles. The number of rotatable bonds is 29. The Kier molecular flexibility index (Phi) is 27.9. The second-order valence-electron chi connectivity index (χ2n) is 22.5. The Hall–Kier alpha value is -3.94. The number of Topliss-reactive ketones (excluding diaryl/α,β-unsaturated/α-hetero) is 3. The minimum atomic E-state index is -1.34. The summed E-state index contributed by atoms with van der Waals surface area (Å²) in [7, 11) is 4.68. The van der Waals surface area contributed by atoms with E-state index in [2.05, 4.69) is 13.8 Å². The van der Waals surface area contributed by atoms with Crippen molar-refractivity contribution in [2.75, 3.05) is 60.7 Å². The molecule has 430 valence electrons. The highest BCUT2D eigenvalue weighted by Gasteiger charge is 2.40. The van der Waals surface area contributed by atoms with Crippen LogP contribution >= 0.6 is 0 Å². The maximum Gasteiger partial charge on any atom is 0.329 e. The van der Waals surface area contributed by atoms with Gasteiger partial charge in [-0.2, -0.15) is 0 Å². The summed E-state index contributed by atoms with van der Waals surface area (Å²) in [4.78, 5) is 83.4. The third-order valence-corrected chi connectivity index (χ3v) is 16.2. The van der Waals surface area contributed by atoms with Gasteiger partial charge in [-0.05, 0) is 126 Å². The number of hydrogen-bond donors (Lipinski definition) is 3. The molecule has 0 spiro atoms. The molecular weight excluding hydrogens is 977 g/mol. The monoisotopic (exact) mass is 1070 g/mol. The number of hydrogen-bond acceptors (Lipinski definition) is 16. The summed E-state index contributed by atoms with van der Waals surface area (Å²) in [5.74, 6) is -4.51. The number of nitrogens with zero attached hydrogens (tertiary/aromatic N) is 2. The molecule has 0 bridgehead atoms. The summed E-state index contributed by atoms with van der Waals surface area (Å²) in [5, 5.41) is 30.8. The molecule has 3 saturated heterocycles. The minimum Gasteiger partial charge on any atom is -0.460 e. The van der Waals surface area contributed by atoms with Crippen molar-refractivity contribution in [2.24, 2.45) is 35.5 Å². The average molecular weight is 1070 g/mol. The number of ether oxygens (including phenoxy) is 6. The number of aliphatic hydroxyl groups excluding tert-OH is 3. The number of methoxy groups -OCH3 is 3. The van der Waals surface area contributed by atoms with Crippen LogP contribution in [0, 0.1) is 35.5 Å². The molecule has 3 heterocycles. The van der Waals surface area contributed by atoms with Crippen LogP contribution in [0.25, 0.3) is 0 Å². The lowest BCUT2D eigenvalue weighted by atomic mass is 9.78. The van der Waals surface area contributed by atoms with Crippen LogP contribution < -0.4 is 0 Å². The van der Waals surface area contributed by atoms with Crippen LogP contribution in [-0.2, 0) is 57.2 Å². The molecule has 17 nitrogen and oxygen atoms in total. The van der Waals surface area contributed by atoms with E-state index in [-0.39, 0.29) is 85.6 Å². The van der Waals surface area contributed by atoms with E-state index in [0.717, 1.165) is 29.9 Å². The lowest BCUT2D eigenvalue weighted by Gasteiger charge is -2.38. The topological polar surface area (TPSA) is 225 Å². The van der Waals surface area contributed by atoms with Gasteiger partial charge < -0.3 is 48.6 Å². The highest BCUT2D eigenvalue weighted by Crippen LogP contribution is 2.36. The van der Waals surface area contributed by atoms with Gasteiger partial charge in [0.2, 0.25) is 5.78 Å². The summed E-state index contributed by atoms with van der Waals surface area (Å²) in [6.07, 6.45) is 15.5. The van der Waals surface area contributed by atoms with Gasteiger partial charge in [-0.1, -0.05) is 71.1 Å². The lowest BCUT2D eigenvalue weighted by molar-refractivity contribution is -0.166. The Morgan fingerprint density at radius 1 is 0.816 bits per heavy atom. The molecule has 1 amide bonds. The summed E-state index contributed by atoms with van der Waals surface area (Å²) in [5.41, 5.74) is 1.48. The van der Waals surface area contributed by atoms with Gasteiger partial charge in [-0.3, -0.25) is 28.9 Å². The number of ketones is 3. The van der Waals surface area contributed by atoms with E-state index in [0.29, 0.717) is 82.4 Å². The molecule has 1 aliphatic carbocycles. The minimum absolute atomic E-state index is 0.0255. The number of piperidine rings is 2. The quantitative estimate of drug-likeness (QED) is 0.0316. The molecule has 4 aliphatic rings. The Labute approximate surface area is 453 Å².